The third kappa shape index (κ3) is 4.58. The van der Waals surface area contributed by atoms with Crippen molar-refractivity contribution in [3.63, 3.8) is 0 Å². The van der Waals surface area contributed by atoms with E-state index < -0.39 is 0 Å². The van der Waals surface area contributed by atoms with Crippen molar-refractivity contribution in [3.8, 4) is 5.75 Å². The third-order valence-corrected chi connectivity index (χ3v) is 7.26. The van der Waals surface area contributed by atoms with Crippen molar-refractivity contribution in [1.29, 1.82) is 0 Å². The number of ether oxygens (including phenoxy) is 1. The Hall–Kier alpha value is -2.22. The summed E-state index contributed by atoms with van der Waals surface area (Å²) in [7, 11) is 0. The summed E-state index contributed by atoms with van der Waals surface area (Å²) in [4.78, 5) is 20.2. The van der Waals surface area contributed by atoms with E-state index in [-0.39, 0.29) is 5.91 Å². The van der Waals surface area contributed by atoms with E-state index in [1.165, 1.54) is 17.3 Å². The number of para-hydroxylation sites is 1. The monoisotopic (exact) mass is 459 g/mol. The molecule has 0 aliphatic carbocycles. The van der Waals surface area contributed by atoms with Crippen molar-refractivity contribution in [1.82, 2.24) is 15.3 Å². The van der Waals surface area contributed by atoms with Gasteiger partial charge < -0.3 is 15.0 Å². The number of halogens is 1. The van der Waals surface area contributed by atoms with E-state index >= 15 is 0 Å². The van der Waals surface area contributed by atoms with Gasteiger partial charge in [0.1, 0.15) is 5.75 Å². The van der Waals surface area contributed by atoms with Crippen LogP contribution in [0.2, 0.25) is 5.02 Å². The first-order chi connectivity index (χ1) is 14.5. The van der Waals surface area contributed by atoms with Crippen molar-refractivity contribution in [3.05, 3.63) is 52.7 Å². The lowest BCUT2D eigenvalue weighted by Crippen LogP contribution is -2.27. The van der Waals surface area contributed by atoms with E-state index in [1.54, 1.807) is 11.3 Å². The SMILES string of the molecule is CCOc1ccc2nc(SCC(=O)NCCc3c(C)[nH]c4c(Cl)cccc34)sc2c1. The van der Waals surface area contributed by atoms with E-state index in [2.05, 4.69) is 21.4 Å². The number of aromatic amines is 1. The fraction of sp³-hybridized carbons (Fsp3) is 0.273. The van der Waals surface area contributed by atoms with Crippen LogP contribution in [-0.2, 0) is 11.2 Å². The molecule has 0 fully saturated rings. The first-order valence-electron chi connectivity index (χ1n) is 9.73. The summed E-state index contributed by atoms with van der Waals surface area (Å²) in [6.45, 7) is 5.22. The number of aromatic nitrogens is 2. The second-order valence-electron chi connectivity index (χ2n) is 6.82. The van der Waals surface area contributed by atoms with E-state index in [0.717, 1.165) is 43.3 Å². The summed E-state index contributed by atoms with van der Waals surface area (Å²) < 4.78 is 7.49. The molecule has 0 spiro atoms. The predicted octanol–water partition coefficient (Wildman–Crippen LogP) is 5.59. The molecule has 0 radical (unpaired) electrons. The molecule has 2 aromatic heterocycles. The first kappa shape index (κ1) is 21.0. The maximum Gasteiger partial charge on any atom is 0.230 e. The van der Waals surface area contributed by atoms with Crippen molar-refractivity contribution in [2.45, 2.75) is 24.6 Å². The van der Waals surface area contributed by atoms with Gasteiger partial charge >= 0.3 is 0 Å². The summed E-state index contributed by atoms with van der Waals surface area (Å²) in [5.74, 6) is 1.19. The van der Waals surface area contributed by atoms with Gasteiger partial charge in [-0.25, -0.2) is 4.98 Å². The molecule has 30 heavy (non-hydrogen) atoms. The lowest BCUT2D eigenvalue weighted by atomic mass is 10.1. The highest BCUT2D eigenvalue weighted by Gasteiger charge is 2.12. The third-order valence-electron chi connectivity index (χ3n) is 4.78. The Labute approximate surface area is 188 Å². The molecule has 156 valence electrons. The molecular formula is C22H22ClN3O2S2. The molecule has 2 N–H and O–H groups in total. The molecule has 0 aliphatic rings. The van der Waals surface area contributed by atoms with Gasteiger partial charge in [-0.05, 0) is 50.1 Å². The molecule has 1 amide bonds. The summed E-state index contributed by atoms with van der Waals surface area (Å²) in [6.07, 6.45) is 0.754. The maximum atomic E-state index is 12.3. The van der Waals surface area contributed by atoms with E-state index in [4.69, 9.17) is 16.3 Å². The molecule has 2 heterocycles. The number of hydrogen-bond donors (Lipinski definition) is 2. The Morgan fingerprint density at radius 2 is 2.20 bits per heavy atom. The Balaban J connectivity index is 1.31. The minimum atomic E-state index is 0.00443. The lowest BCUT2D eigenvalue weighted by molar-refractivity contribution is -0.118. The van der Waals surface area contributed by atoms with Crippen LogP contribution in [0.4, 0.5) is 0 Å². The Bertz CT molecular complexity index is 1200. The molecule has 2 aromatic carbocycles. The van der Waals surface area contributed by atoms with Crippen molar-refractivity contribution >= 4 is 61.7 Å². The van der Waals surface area contributed by atoms with Gasteiger partial charge in [-0.15, -0.1) is 11.3 Å². The molecule has 4 rings (SSSR count). The second kappa shape index (κ2) is 9.29. The fourth-order valence-electron chi connectivity index (χ4n) is 3.40. The van der Waals surface area contributed by atoms with Crippen LogP contribution in [0, 0.1) is 6.92 Å². The number of rotatable bonds is 8. The average Bonchev–Trinajstić information content (AvgIpc) is 3.28. The van der Waals surface area contributed by atoms with Gasteiger partial charge in [-0.2, -0.15) is 0 Å². The molecule has 0 saturated carbocycles. The summed E-state index contributed by atoms with van der Waals surface area (Å²) >= 11 is 9.31. The highest BCUT2D eigenvalue weighted by atomic mass is 35.5. The van der Waals surface area contributed by atoms with Crippen LogP contribution in [0.5, 0.6) is 5.75 Å². The Kier molecular flexibility index (Phi) is 6.51. The number of carbonyl (C=O) groups excluding carboxylic acids is 1. The number of amides is 1. The molecule has 0 aliphatic heterocycles. The van der Waals surface area contributed by atoms with Crippen LogP contribution in [0.15, 0.2) is 40.7 Å². The van der Waals surface area contributed by atoms with Crippen molar-refractivity contribution < 1.29 is 9.53 Å². The largest absolute Gasteiger partial charge is 0.494 e. The summed E-state index contributed by atoms with van der Waals surface area (Å²) in [5.41, 5.74) is 4.16. The van der Waals surface area contributed by atoms with Crippen molar-refractivity contribution in [2.24, 2.45) is 0 Å². The van der Waals surface area contributed by atoms with Gasteiger partial charge in [0.2, 0.25) is 5.91 Å². The maximum absolute atomic E-state index is 12.3. The number of hydrogen-bond acceptors (Lipinski definition) is 5. The molecule has 5 nitrogen and oxygen atoms in total. The zero-order valence-electron chi connectivity index (χ0n) is 16.8. The zero-order chi connectivity index (χ0) is 21.1. The minimum absolute atomic E-state index is 0.00443. The minimum Gasteiger partial charge on any atom is -0.494 e. The van der Waals surface area contributed by atoms with E-state index in [0.29, 0.717) is 23.9 Å². The molecule has 0 saturated heterocycles. The number of carbonyl (C=O) groups is 1. The molecule has 0 bridgehead atoms. The smallest absolute Gasteiger partial charge is 0.230 e. The number of nitrogens with one attached hydrogen (secondary N) is 2. The van der Waals surface area contributed by atoms with E-state index in [1.807, 2.05) is 44.2 Å². The number of nitrogens with zero attached hydrogens (tertiary/aromatic N) is 1. The number of H-pyrrole nitrogens is 1. The highest BCUT2D eigenvalue weighted by Crippen LogP contribution is 2.32. The molecule has 4 aromatic rings. The zero-order valence-corrected chi connectivity index (χ0v) is 19.1. The van der Waals surface area contributed by atoms with Gasteiger partial charge in [0.05, 0.1) is 33.1 Å². The number of thiazole rings is 1. The van der Waals surface area contributed by atoms with Crippen LogP contribution in [0.25, 0.3) is 21.1 Å². The van der Waals surface area contributed by atoms with Gasteiger partial charge in [-0.1, -0.05) is 35.5 Å². The van der Waals surface area contributed by atoms with Crippen LogP contribution < -0.4 is 10.1 Å². The first-order valence-corrected chi connectivity index (χ1v) is 11.9. The molecule has 8 heteroatoms. The summed E-state index contributed by atoms with van der Waals surface area (Å²) in [6, 6.07) is 11.8. The van der Waals surface area contributed by atoms with Gasteiger partial charge in [0.15, 0.2) is 4.34 Å². The quantitative estimate of drug-likeness (QED) is 0.337. The topological polar surface area (TPSA) is 67.0 Å². The Morgan fingerprint density at radius 3 is 3.03 bits per heavy atom. The standard InChI is InChI=1S/C22H22ClN3O2S2/c1-3-28-14-7-8-18-19(11-14)30-22(26-18)29-12-20(27)24-10-9-15-13(2)25-21-16(15)5-4-6-17(21)23/h4-8,11,25H,3,9-10,12H2,1-2H3,(H,24,27). The number of benzene rings is 2. The molecule has 0 atom stereocenters. The van der Waals surface area contributed by atoms with Crippen LogP contribution in [0.3, 0.4) is 0 Å². The highest BCUT2D eigenvalue weighted by molar-refractivity contribution is 8.01. The van der Waals surface area contributed by atoms with Crippen LogP contribution in [0.1, 0.15) is 18.2 Å². The number of aryl methyl sites for hydroxylation is 1. The normalized spacial score (nSPS) is 11.3. The van der Waals surface area contributed by atoms with Crippen LogP contribution in [-0.4, -0.2) is 34.8 Å². The molecular weight excluding hydrogens is 438 g/mol. The Morgan fingerprint density at radius 1 is 1.33 bits per heavy atom. The number of thioether (sulfide) groups is 1. The van der Waals surface area contributed by atoms with Gasteiger partial charge in [0, 0.05) is 17.6 Å². The van der Waals surface area contributed by atoms with Crippen LogP contribution >= 0.6 is 34.7 Å². The predicted molar refractivity (Wildman–Crippen MR) is 126 cm³/mol. The van der Waals surface area contributed by atoms with Crippen molar-refractivity contribution in [2.75, 3.05) is 18.9 Å². The lowest BCUT2D eigenvalue weighted by Gasteiger charge is -2.05. The van der Waals surface area contributed by atoms with Gasteiger partial charge in [-0.3, -0.25) is 4.79 Å². The second-order valence-corrected chi connectivity index (χ2v) is 9.48. The average molecular weight is 460 g/mol. The summed E-state index contributed by atoms with van der Waals surface area (Å²) in [5, 5.41) is 4.84. The number of fused-ring (bicyclic) bond motifs is 2. The molecule has 0 unspecified atom stereocenters. The van der Waals surface area contributed by atoms with Gasteiger partial charge in [0.25, 0.3) is 0 Å². The van der Waals surface area contributed by atoms with E-state index in [9.17, 15) is 4.79 Å². The fourth-order valence-corrected chi connectivity index (χ4v) is 5.55.